The van der Waals surface area contributed by atoms with Gasteiger partial charge in [0.15, 0.2) is 0 Å². The Kier molecular flexibility index (Phi) is 5.48. The molecule has 0 saturated heterocycles. The van der Waals surface area contributed by atoms with Crippen LogP contribution < -0.4 is 0 Å². The molecule has 2 aromatic rings. The zero-order chi connectivity index (χ0) is 21.6. The van der Waals surface area contributed by atoms with Crippen LogP contribution in [-0.4, -0.2) is 22.2 Å². The fraction of sp³-hybridized carbons (Fsp3) is 0.417. The van der Waals surface area contributed by atoms with Gasteiger partial charge in [-0.3, -0.25) is 0 Å². The zero-order valence-corrected chi connectivity index (χ0v) is 18.0. The topological polar surface area (TPSA) is 74.6 Å². The molecule has 0 aromatic heterocycles. The minimum Gasteiger partial charge on any atom is -0.478 e. The van der Waals surface area contributed by atoms with Crippen molar-refractivity contribution >= 4 is 11.9 Å². The highest BCUT2D eigenvalue weighted by atomic mass is 16.4. The average Bonchev–Trinajstić information content (AvgIpc) is 2.50. The predicted octanol–water partition coefficient (Wildman–Crippen LogP) is 5.96. The summed E-state index contributed by atoms with van der Waals surface area (Å²) in [5.41, 5.74) is 4.75. The molecule has 2 N–H and O–H groups in total. The van der Waals surface area contributed by atoms with Crippen LogP contribution in [0, 0.1) is 13.8 Å². The van der Waals surface area contributed by atoms with Gasteiger partial charge in [0.05, 0.1) is 11.1 Å². The first kappa shape index (κ1) is 21.7. The molecular formula is C24H30O4. The van der Waals surface area contributed by atoms with Gasteiger partial charge in [0, 0.05) is 0 Å². The molecule has 2 rings (SSSR count). The lowest BCUT2D eigenvalue weighted by atomic mass is 9.78. The molecule has 0 radical (unpaired) electrons. The Morgan fingerprint density at radius 3 is 1.14 bits per heavy atom. The molecule has 4 nitrogen and oxygen atoms in total. The molecule has 0 saturated carbocycles. The molecule has 0 amide bonds. The van der Waals surface area contributed by atoms with Gasteiger partial charge >= 0.3 is 11.9 Å². The van der Waals surface area contributed by atoms with Crippen LogP contribution in [0.1, 0.15) is 84.5 Å². The van der Waals surface area contributed by atoms with Crippen molar-refractivity contribution in [3.8, 4) is 11.1 Å². The lowest BCUT2D eigenvalue weighted by molar-refractivity contribution is 0.0682. The van der Waals surface area contributed by atoms with Crippen molar-refractivity contribution < 1.29 is 19.8 Å². The number of benzene rings is 2. The van der Waals surface area contributed by atoms with Crippen molar-refractivity contribution in [3.05, 3.63) is 57.6 Å². The summed E-state index contributed by atoms with van der Waals surface area (Å²) in [6.45, 7) is 15.6. The average molecular weight is 383 g/mol. The van der Waals surface area contributed by atoms with Crippen molar-refractivity contribution in [1.29, 1.82) is 0 Å². The summed E-state index contributed by atoms with van der Waals surface area (Å²) in [6.07, 6.45) is 0. The van der Waals surface area contributed by atoms with Crippen LogP contribution in [0.3, 0.4) is 0 Å². The standard InChI is InChI=1S/C24H30O4/c1-13-9-15(11-17(23(3,4)5)19(13)21(25)26)16-10-14(2)20(22(27)28)18(12-16)24(6,7)8/h9-12H,1-8H3,(H,25,26)(H,27,28). The van der Waals surface area contributed by atoms with E-state index in [2.05, 4.69) is 0 Å². The lowest BCUT2D eigenvalue weighted by Crippen LogP contribution is -2.19. The molecule has 150 valence electrons. The van der Waals surface area contributed by atoms with Gasteiger partial charge < -0.3 is 10.2 Å². The Balaban J connectivity index is 2.86. The summed E-state index contributed by atoms with van der Waals surface area (Å²) in [5.74, 6) is -1.86. The summed E-state index contributed by atoms with van der Waals surface area (Å²) in [4.78, 5) is 23.7. The molecule has 0 aliphatic heterocycles. The number of rotatable bonds is 3. The Bertz CT molecular complexity index is 875. The number of carbonyl (C=O) groups is 2. The van der Waals surface area contributed by atoms with E-state index in [-0.39, 0.29) is 10.8 Å². The third-order valence-corrected chi connectivity index (χ3v) is 5.05. The molecule has 0 heterocycles. The molecule has 0 spiro atoms. The third kappa shape index (κ3) is 4.11. The second-order valence-corrected chi connectivity index (χ2v) is 9.54. The highest BCUT2D eigenvalue weighted by molar-refractivity contribution is 5.94. The molecule has 0 atom stereocenters. The third-order valence-electron chi connectivity index (χ3n) is 5.05. The maximum atomic E-state index is 11.8. The van der Waals surface area contributed by atoms with Crippen LogP contribution in [0.4, 0.5) is 0 Å². The molecule has 0 aliphatic carbocycles. The van der Waals surface area contributed by atoms with E-state index in [1.807, 2.05) is 79.7 Å². The summed E-state index contributed by atoms with van der Waals surface area (Å²) >= 11 is 0. The quantitative estimate of drug-likeness (QED) is 0.686. The van der Waals surface area contributed by atoms with E-state index in [0.29, 0.717) is 22.3 Å². The van der Waals surface area contributed by atoms with Crippen LogP contribution >= 0.6 is 0 Å². The number of hydrogen-bond acceptors (Lipinski definition) is 2. The van der Waals surface area contributed by atoms with E-state index in [0.717, 1.165) is 22.3 Å². The monoisotopic (exact) mass is 382 g/mol. The molecule has 0 aliphatic rings. The van der Waals surface area contributed by atoms with Gasteiger partial charge in [-0.1, -0.05) is 53.7 Å². The lowest BCUT2D eigenvalue weighted by Gasteiger charge is -2.26. The van der Waals surface area contributed by atoms with Crippen molar-refractivity contribution in [3.63, 3.8) is 0 Å². The number of carboxylic acid groups (broad SMARTS) is 2. The fourth-order valence-electron chi connectivity index (χ4n) is 3.66. The predicted molar refractivity (Wildman–Crippen MR) is 113 cm³/mol. The van der Waals surface area contributed by atoms with Crippen molar-refractivity contribution in [2.45, 2.75) is 66.2 Å². The molecular weight excluding hydrogens is 352 g/mol. The highest BCUT2D eigenvalue weighted by Gasteiger charge is 2.27. The number of aryl methyl sites for hydroxylation is 2. The SMILES string of the molecule is Cc1cc(-c2cc(C)c(C(=O)O)c(C(C)(C)C)c2)cc(C(C)(C)C)c1C(=O)O. The van der Waals surface area contributed by atoms with Gasteiger partial charge in [0.25, 0.3) is 0 Å². The van der Waals surface area contributed by atoms with Crippen molar-refractivity contribution in [2.24, 2.45) is 0 Å². The maximum Gasteiger partial charge on any atom is 0.336 e. The largest absolute Gasteiger partial charge is 0.478 e. The van der Waals surface area contributed by atoms with Crippen molar-refractivity contribution in [1.82, 2.24) is 0 Å². The van der Waals surface area contributed by atoms with Crippen LogP contribution in [-0.2, 0) is 10.8 Å². The number of hydrogen-bond donors (Lipinski definition) is 2. The molecule has 0 fully saturated rings. The Hall–Kier alpha value is -2.62. The molecule has 0 unspecified atom stereocenters. The van der Waals surface area contributed by atoms with E-state index in [1.54, 1.807) is 0 Å². The Morgan fingerprint density at radius 2 is 0.929 bits per heavy atom. The van der Waals surface area contributed by atoms with Crippen LogP contribution in [0.25, 0.3) is 11.1 Å². The van der Waals surface area contributed by atoms with Crippen LogP contribution in [0.5, 0.6) is 0 Å². The van der Waals surface area contributed by atoms with Gasteiger partial charge in [-0.2, -0.15) is 0 Å². The minimum atomic E-state index is -0.929. The van der Waals surface area contributed by atoms with Gasteiger partial charge in [-0.15, -0.1) is 0 Å². The summed E-state index contributed by atoms with van der Waals surface area (Å²) in [5, 5.41) is 19.4. The van der Waals surface area contributed by atoms with E-state index in [4.69, 9.17) is 0 Å². The Labute approximate surface area is 167 Å². The minimum absolute atomic E-state index is 0.336. The van der Waals surface area contributed by atoms with E-state index >= 15 is 0 Å². The van der Waals surface area contributed by atoms with E-state index < -0.39 is 11.9 Å². The smallest absolute Gasteiger partial charge is 0.336 e. The zero-order valence-electron chi connectivity index (χ0n) is 18.0. The number of aromatic carboxylic acids is 2. The van der Waals surface area contributed by atoms with Crippen molar-refractivity contribution in [2.75, 3.05) is 0 Å². The first-order valence-corrected chi connectivity index (χ1v) is 9.41. The summed E-state index contributed by atoms with van der Waals surface area (Å²) in [6, 6.07) is 7.61. The first-order valence-electron chi connectivity index (χ1n) is 9.41. The molecule has 2 aromatic carbocycles. The highest BCUT2D eigenvalue weighted by Crippen LogP contribution is 2.37. The fourth-order valence-corrected chi connectivity index (χ4v) is 3.66. The normalized spacial score (nSPS) is 12.1. The molecule has 0 bridgehead atoms. The van der Waals surface area contributed by atoms with E-state index in [9.17, 15) is 19.8 Å². The second-order valence-electron chi connectivity index (χ2n) is 9.54. The Morgan fingerprint density at radius 1 is 0.643 bits per heavy atom. The van der Waals surface area contributed by atoms with Crippen LogP contribution in [0.2, 0.25) is 0 Å². The van der Waals surface area contributed by atoms with Gasteiger partial charge in [0.2, 0.25) is 0 Å². The first-order chi connectivity index (χ1) is 12.6. The summed E-state index contributed by atoms with van der Waals surface area (Å²) in [7, 11) is 0. The summed E-state index contributed by atoms with van der Waals surface area (Å²) < 4.78 is 0. The number of carboxylic acids is 2. The second kappa shape index (κ2) is 7.08. The van der Waals surface area contributed by atoms with Gasteiger partial charge in [-0.05, 0) is 70.2 Å². The molecule has 28 heavy (non-hydrogen) atoms. The maximum absolute atomic E-state index is 11.8. The molecule has 4 heteroatoms. The van der Waals surface area contributed by atoms with Gasteiger partial charge in [0.1, 0.15) is 0 Å². The van der Waals surface area contributed by atoms with Crippen LogP contribution in [0.15, 0.2) is 24.3 Å². The van der Waals surface area contributed by atoms with E-state index in [1.165, 1.54) is 0 Å². The van der Waals surface area contributed by atoms with Gasteiger partial charge in [-0.25, -0.2) is 9.59 Å².